The van der Waals surface area contributed by atoms with Crippen LogP contribution in [0.15, 0.2) is 16.6 Å². The first-order valence-corrected chi connectivity index (χ1v) is 7.27. The fraction of sp³-hybridized carbons (Fsp3) is 0.357. The van der Waals surface area contributed by atoms with E-state index in [1.165, 1.54) is 0 Å². The van der Waals surface area contributed by atoms with Gasteiger partial charge in [-0.1, -0.05) is 15.9 Å². The molecule has 8 heteroatoms. The number of nitro groups is 1. The smallest absolute Gasteiger partial charge is 0.312 e. The number of benzene rings is 1. The van der Waals surface area contributed by atoms with Gasteiger partial charge in [-0.15, -0.1) is 0 Å². The molecule has 1 aromatic carbocycles. The maximum Gasteiger partial charge on any atom is 0.312 e. The molecule has 0 bridgehead atoms. The summed E-state index contributed by atoms with van der Waals surface area (Å²) in [5.74, 6) is 1.20. The van der Waals surface area contributed by atoms with Crippen molar-refractivity contribution >= 4 is 21.6 Å². The van der Waals surface area contributed by atoms with E-state index >= 15 is 0 Å². The molecule has 0 aliphatic carbocycles. The predicted molar refractivity (Wildman–Crippen MR) is 84.7 cm³/mol. The van der Waals surface area contributed by atoms with Crippen LogP contribution in [0.2, 0.25) is 0 Å². The number of hydrogen-bond acceptors (Lipinski definition) is 5. The van der Waals surface area contributed by atoms with Crippen LogP contribution in [0.4, 0.5) is 5.69 Å². The SMILES string of the molecule is COc1cc(Br)c(Cn2nc(C)c([N+](=O)[O-])c2C)cc1OC. The summed E-state index contributed by atoms with van der Waals surface area (Å²) in [4.78, 5) is 10.7. The third kappa shape index (κ3) is 2.92. The van der Waals surface area contributed by atoms with Crippen molar-refractivity contribution in [1.82, 2.24) is 9.78 Å². The zero-order valence-electron chi connectivity index (χ0n) is 12.7. The van der Waals surface area contributed by atoms with E-state index in [9.17, 15) is 10.1 Å². The van der Waals surface area contributed by atoms with Crippen molar-refractivity contribution in [2.24, 2.45) is 0 Å². The number of aromatic nitrogens is 2. The Hall–Kier alpha value is -2.09. The van der Waals surface area contributed by atoms with E-state index < -0.39 is 4.92 Å². The lowest BCUT2D eigenvalue weighted by Gasteiger charge is -2.12. The van der Waals surface area contributed by atoms with Crippen LogP contribution < -0.4 is 9.47 Å². The van der Waals surface area contributed by atoms with E-state index in [1.54, 1.807) is 38.8 Å². The van der Waals surface area contributed by atoms with Crippen LogP contribution in [0.25, 0.3) is 0 Å². The molecule has 1 heterocycles. The maximum absolute atomic E-state index is 11.1. The first-order chi connectivity index (χ1) is 10.4. The van der Waals surface area contributed by atoms with Gasteiger partial charge in [0, 0.05) is 4.47 Å². The third-order valence-electron chi connectivity index (χ3n) is 3.40. The number of methoxy groups -OCH3 is 2. The van der Waals surface area contributed by atoms with E-state index in [4.69, 9.17) is 9.47 Å². The summed E-state index contributed by atoms with van der Waals surface area (Å²) in [7, 11) is 3.12. The van der Waals surface area contributed by atoms with Crippen molar-refractivity contribution in [3.05, 3.63) is 43.7 Å². The number of hydrogen-bond donors (Lipinski definition) is 0. The van der Waals surface area contributed by atoms with Crippen LogP contribution in [0.5, 0.6) is 11.5 Å². The molecule has 1 aromatic heterocycles. The summed E-state index contributed by atoms with van der Waals surface area (Å²) in [6.07, 6.45) is 0. The normalized spacial score (nSPS) is 10.6. The summed E-state index contributed by atoms with van der Waals surface area (Å²) >= 11 is 3.48. The highest BCUT2D eigenvalue weighted by Gasteiger charge is 2.22. The summed E-state index contributed by atoms with van der Waals surface area (Å²) in [5.41, 5.74) is 1.86. The van der Waals surface area contributed by atoms with Gasteiger partial charge in [-0.2, -0.15) is 5.10 Å². The molecule has 0 fully saturated rings. The van der Waals surface area contributed by atoms with Gasteiger partial charge in [0.2, 0.25) is 0 Å². The molecule has 0 spiro atoms. The second kappa shape index (κ2) is 6.35. The zero-order chi connectivity index (χ0) is 16.4. The molecule has 0 atom stereocenters. The fourth-order valence-corrected chi connectivity index (χ4v) is 2.73. The Morgan fingerprint density at radius 2 is 1.86 bits per heavy atom. The van der Waals surface area contributed by atoms with Gasteiger partial charge < -0.3 is 9.47 Å². The highest BCUT2D eigenvalue weighted by Crippen LogP contribution is 2.34. The minimum atomic E-state index is -0.405. The molecule has 7 nitrogen and oxygen atoms in total. The van der Waals surface area contributed by atoms with E-state index in [2.05, 4.69) is 21.0 Å². The number of ether oxygens (including phenoxy) is 2. The Kier molecular flexibility index (Phi) is 4.70. The highest BCUT2D eigenvalue weighted by molar-refractivity contribution is 9.10. The van der Waals surface area contributed by atoms with E-state index in [0.717, 1.165) is 10.0 Å². The predicted octanol–water partition coefficient (Wildman–Crippen LogP) is 3.24. The number of rotatable bonds is 5. The fourth-order valence-electron chi connectivity index (χ4n) is 2.28. The molecule has 2 aromatic rings. The van der Waals surface area contributed by atoms with Gasteiger partial charge in [0.05, 0.1) is 25.7 Å². The highest BCUT2D eigenvalue weighted by atomic mass is 79.9. The van der Waals surface area contributed by atoms with Gasteiger partial charge in [-0.25, -0.2) is 0 Å². The van der Waals surface area contributed by atoms with E-state index in [0.29, 0.717) is 29.4 Å². The maximum atomic E-state index is 11.1. The minimum Gasteiger partial charge on any atom is -0.493 e. The average molecular weight is 370 g/mol. The van der Waals surface area contributed by atoms with Crippen LogP contribution in [0, 0.1) is 24.0 Å². The Bertz CT molecular complexity index is 727. The molecule has 118 valence electrons. The lowest BCUT2D eigenvalue weighted by Crippen LogP contribution is -2.06. The van der Waals surface area contributed by atoms with E-state index in [-0.39, 0.29) is 5.69 Å². The molecular formula is C14H16BrN3O4. The molecular weight excluding hydrogens is 354 g/mol. The quantitative estimate of drug-likeness (QED) is 0.596. The number of aryl methyl sites for hydroxylation is 1. The minimum absolute atomic E-state index is 0.0524. The van der Waals surface area contributed by atoms with Gasteiger partial charge in [-0.05, 0) is 31.5 Å². The molecule has 0 amide bonds. The van der Waals surface area contributed by atoms with Crippen molar-refractivity contribution < 1.29 is 14.4 Å². The molecule has 0 saturated carbocycles. The van der Waals surface area contributed by atoms with E-state index in [1.807, 2.05) is 6.07 Å². The van der Waals surface area contributed by atoms with Gasteiger partial charge in [0.1, 0.15) is 11.4 Å². The second-order valence-electron chi connectivity index (χ2n) is 4.73. The molecule has 2 rings (SSSR count). The van der Waals surface area contributed by atoms with Gasteiger partial charge in [0.15, 0.2) is 11.5 Å². The Labute approximate surface area is 136 Å². The van der Waals surface area contributed by atoms with Crippen molar-refractivity contribution in [3.8, 4) is 11.5 Å². The summed E-state index contributed by atoms with van der Waals surface area (Å²) in [6, 6.07) is 3.62. The van der Waals surface area contributed by atoms with Crippen LogP contribution >= 0.6 is 15.9 Å². The summed E-state index contributed by atoms with van der Waals surface area (Å²) in [5, 5.41) is 15.3. The van der Waals surface area contributed by atoms with Gasteiger partial charge in [0.25, 0.3) is 0 Å². The van der Waals surface area contributed by atoms with Crippen LogP contribution in [-0.2, 0) is 6.54 Å². The second-order valence-corrected chi connectivity index (χ2v) is 5.59. The van der Waals surface area contributed by atoms with Crippen molar-refractivity contribution in [2.45, 2.75) is 20.4 Å². The number of nitrogens with zero attached hydrogens (tertiary/aromatic N) is 3. The number of halogens is 1. The molecule has 0 aliphatic heterocycles. The summed E-state index contributed by atoms with van der Waals surface area (Å²) in [6.45, 7) is 3.71. The average Bonchev–Trinajstić information content (AvgIpc) is 2.74. The molecule has 0 saturated heterocycles. The first kappa shape index (κ1) is 16.3. The largest absolute Gasteiger partial charge is 0.493 e. The van der Waals surface area contributed by atoms with Crippen LogP contribution in [0.3, 0.4) is 0 Å². The lowest BCUT2D eigenvalue weighted by molar-refractivity contribution is -0.386. The van der Waals surface area contributed by atoms with Gasteiger partial charge in [-0.3, -0.25) is 14.8 Å². The van der Waals surface area contributed by atoms with Crippen molar-refractivity contribution in [1.29, 1.82) is 0 Å². The van der Waals surface area contributed by atoms with Crippen LogP contribution in [-0.4, -0.2) is 28.9 Å². The monoisotopic (exact) mass is 369 g/mol. The van der Waals surface area contributed by atoms with Crippen molar-refractivity contribution in [3.63, 3.8) is 0 Å². The third-order valence-corrected chi connectivity index (χ3v) is 4.14. The Morgan fingerprint density at radius 1 is 1.27 bits per heavy atom. The molecule has 0 unspecified atom stereocenters. The molecule has 0 radical (unpaired) electrons. The zero-order valence-corrected chi connectivity index (χ0v) is 14.3. The lowest BCUT2D eigenvalue weighted by atomic mass is 10.2. The van der Waals surface area contributed by atoms with Gasteiger partial charge >= 0.3 is 5.69 Å². The molecule has 22 heavy (non-hydrogen) atoms. The topological polar surface area (TPSA) is 79.4 Å². The van der Waals surface area contributed by atoms with Crippen LogP contribution in [0.1, 0.15) is 17.0 Å². The van der Waals surface area contributed by atoms with Crippen molar-refractivity contribution in [2.75, 3.05) is 14.2 Å². The summed E-state index contributed by atoms with van der Waals surface area (Å²) < 4.78 is 12.9. The standard InChI is InChI=1S/C14H16BrN3O4/c1-8-14(18(19)20)9(2)17(16-8)7-10-5-12(21-3)13(22-4)6-11(10)15/h5-6H,7H2,1-4H3. The molecule has 0 aliphatic rings. The Balaban J connectivity index is 2.43. The molecule has 0 N–H and O–H groups in total. The Morgan fingerprint density at radius 3 is 2.36 bits per heavy atom. The first-order valence-electron chi connectivity index (χ1n) is 6.47.